The lowest BCUT2D eigenvalue weighted by Gasteiger charge is -2.13. The molecule has 0 spiro atoms. The molecule has 0 unspecified atom stereocenters. The van der Waals surface area contributed by atoms with Crippen molar-refractivity contribution in [1.29, 1.82) is 0 Å². The Labute approximate surface area is 120 Å². The number of nitrogens with zero attached hydrogens (tertiary/aromatic N) is 1. The number of carbonyl (C=O) groups is 2. The summed E-state index contributed by atoms with van der Waals surface area (Å²) in [5.41, 5.74) is 0. The van der Waals surface area contributed by atoms with Crippen molar-refractivity contribution in [3.63, 3.8) is 0 Å². The van der Waals surface area contributed by atoms with E-state index in [0.29, 0.717) is 12.2 Å². The summed E-state index contributed by atoms with van der Waals surface area (Å²) >= 11 is 2.91. The van der Waals surface area contributed by atoms with Crippen molar-refractivity contribution in [2.24, 2.45) is 0 Å². The second-order valence-corrected chi connectivity index (χ2v) is 5.75. The molecule has 19 heavy (non-hydrogen) atoms. The molecule has 0 aromatic carbocycles. The van der Waals surface area contributed by atoms with Crippen LogP contribution in [0.3, 0.4) is 0 Å². The van der Waals surface area contributed by atoms with Crippen molar-refractivity contribution < 1.29 is 14.7 Å². The van der Waals surface area contributed by atoms with Gasteiger partial charge < -0.3 is 10.4 Å². The first kappa shape index (κ1) is 15.8. The Morgan fingerprint density at radius 3 is 2.68 bits per heavy atom. The number of carboxylic acid groups (broad SMARTS) is 1. The molecule has 0 radical (unpaired) electrons. The Morgan fingerprint density at radius 1 is 1.42 bits per heavy atom. The van der Waals surface area contributed by atoms with Gasteiger partial charge in [-0.25, -0.2) is 4.79 Å². The Morgan fingerprint density at radius 2 is 2.11 bits per heavy atom. The lowest BCUT2D eigenvalue weighted by Crippen LogP contribution is -2.42. The van der Waals surface area contributed by atoms with E-state index in [0.717, 1.165) is 4.90 Å². The molecule has 0 bridgehead atoms. The third-order valence-corrected chi connectivity index (χ3v) is 3.92. The van der Waals surface area contributed by atoms with Gasteiger partial charge in [0.15, 0.2) is 0 Å². The van der Waals surface area contributed by atoms with E-state index in [1.165, 1.54) is 11.8 Å². The van der Waals surface area contributed by atoms with Gasteiger partial charge in [-0.1, -0.05) is 0 Å². The van der Waals surface area contributed by atoms with Crippen LogP contribution in [0.25, 0.3) is 0 Å². The summed E-state index contributed by atoms with van der Waals surface area (Å²) < 4.78 is 0. The number of pyridine rings is 1. The topological polar surface area (TPSA) is 79.3 Å². The van der Waals surface area contributed by atoms with Gasteiger partial charge in [-0.15, -0.1) is 11.8 Å². The van der Waals surface area contributed by atoms with Crippen LogP contribution in [-0.2, 0) is 9.59 Å². The summed E-state index contributed by atoms with van der Waals surface area (Å²) in [4.78, 5) is 27.5. The molecule has 0 saturated carbocycles. The predicted octanol–water partition coefficient (Wildman–Crippen LogP) is 1.50. The fourth-order valence-corrected chi connectivity index (χ4v) is 2.48. The van der Waals surface area contributed by atoms with Crippen LogP contribution in [0, 0.1) is 0 Å². The molecule has 0 aliphatic rings. The minimum atomic E-state index is -0.990. The molecule has 0 aliphatic heterocycles. The van der Waals surface area contributed by atoms with Crippen LogP contribution in [0.4, 0.5) is 0 Å². The molecule has 1 aromatic heterocycles. The molecule has 1 heterocycles. The summed E-state index contributed by atoms with van der Waals surface area (Å²) in [6, 6.07) is 2.80. The number of carboxylic acids is 1. The number of hydrogen-bond donors (Lipinski definition) is 2. The highest BCUT2D eigenvalue weighted by molar-refractivity contribution is 8.00. The smallest absolute Gasteiger partial charge is 0.326 e. The van der Waals surface area contributed by atoms with E-state index in [1.54, 1.807) is 36.3 Å². The number of thioether (sulfide) groups is 2. The molecule has 0 aliphatic carbocycles. The van der Waals surface area contributed by atoms with Gasteiger partial charge in [-0.05, 0) is 30.6 Å². The van der Waals surface area contributed by atoms with Crippen LogP contribution in [0.2, 0.25) is 0 Å². The standard InChI is InChI=1S/C12H16N2O3S2/c1-18-7-4-10(12(16)17)14-11(15)8-19-9-2-5-13-6-3-9/h2-3,5-6,10H,4,7-8H2,1H3,(H,14,15)(H,16,17)/t10-/m0/s1. The van der Waals surface area contributed by atoms with Gasteiger partial charge >= 0.3 is 5.97 Å². The van der Waals surface area contributed by atoms with Gasteiger partial charge in [0.05, 0.1) is 5.75 Å². The highest BCUT2D eigenvalue weighted by atomic mass is 32.2. The highest BCUT2D eigenvalue weighted by Crippen LogP contribution is 2.15. The maximum absolute atomic E-state index is 11.7. The number of aliphatic carboxylic acids is 1. The average Bonchev–Trinajstić information content (AvgIpc) is 2.42. The molecular weight excluding hydrogens is 284 g/mol. The van der Waals surface area contributed by atoms with Crippen LogP contribution in [0.15, 0.2) is 29.4 Å². The van der Waals surface area contributed by atoms with E-state index < -0.39 is 12.0 Å². The number of hydrogen-bond acceptors (Lipinski definition) is 5. The van der Waals surface area contributed by atoms with Crippen molar-refractivity contribution in [3.8, 4) is 0 Å². The number of rotatable bonds is 8. The van der Waals surface area contributed by atoms with E-state index in [-0.39, 0.29) is 11.7 Å². The average molecular weight is 300 g/mol. The first-order valence-corrected chi connectivity index (χ1v) is 8.05. The Bertz CT molecular complexity index is 415. The van der Waals surface area contributed by atoms with Crippen LogP contribution >= 0.6 is 23.5 Å². The van der Waals surface area contributed by atoms with Gasteiger partial charge in [0.1, 0.15) is 6.04 Å². The summed E-state index contributed by atoms with van der Waals surface area (Å²) in [5.74, 6) is -0.353. The molecule has 0 fully saturated rings. The highest BCUT2D eigenvalue weighted by Gasteiger charge is 2.19. The fraction of sp³-hybridized carbons (Fsp3) is 0.417. The monoisotopic (exact) mass is 300 g/mol. The summed E-state index contributed by atoms with van der Waals surface area (Å²) in [6.45, 7) is 0. The minimum Gasteiger partial charge on any atom is -0.480 e. The van der Waals surface area contributed by atoms with E-state index in [4.69, 9.17) is 5.11 Å². The van der Waals surface area contributed by atoms with Gasteiger partial charge in [-0.3, -0.25) is 9.78 Å². The normalized spacial score (nSPS) is 11.8. The summed E-state index contributed by atoms with van der Waals surface area (Å²) in [7, 11) is 0. The zero-order valence-electron chi connectivity index (χ0n) is 10.5. The zero-order chi connectivity index (χ0) is 14.1. The van der Waals surface area contributed by atoms with E-state index >= 15 is 0 Å². The van der Waals surface area contributed by atoms with Crippen LogP contribution < -0.4 is 5.32 Å². The van der Waals surface area contributed by atoms with Crippen molar-refractivity contribution in [3.05, 3.63) is 24.5 Å². The molecule has 7 heteroatoms. The molecule has 1 rings (SSSR count). The maximum Gasteiger partial charge on any atom is 0.326 e. The number of carbonyl (C=O) groups excluding carboxylic acids is 1. The fourth-order valence-electron chi connectivity index (χ4n) is 1.31. The molecule has 2 N–H and O–H groups in total. The Hall–Kier alpha value is -1.21. The third-order valence-electron chi connectivity index (χ3n) is 2.26. The van der Waals surface area contributed by atoms with Crippen LogP contribution in [0.5, 0.6) is 0 Å². The molecule has 5 nitrogen and oxygen atoms in total. The SMILES string of the molecule is CSCC[C@H](NC(=O)CSc1ccncc1)C(=O)O. The number of aromatic nitrogens is 1. The zero-order valence-corrected chi connectivity index (χ0v) is 12.2. The number of amides is 1. The quantitative estimate of drug-likeness (QED) is 0.708. The largest absolute Gasteiger partial charge is 0.480 e. The van der Waals surface area contributed by atoms with Crippen LogP contribution in [0.1, 0.15) is 6.42 Å². The maximum atomic E-state index is 11.7. The third kappa shape index (κ3) is 6.49. The van der Waals surface area contributed by atoms with Gasteiger partial charge in [0, 0.05) is 17.3 Å². The van der Waals surface area contributed by atoms with Crippen molar-refractivity contribution >= 4 is 35.4 Å². The second-order valence-electron chi connectivity index (χ2n) is 3.71. The summed E-state index contributed by atoms with van der Waals surface area (Å²) in [5, 5.41) is 11.5. The van der Waals surface area contributed by atoms with Gasteiger partial charge in [0.2, 0.25) is 5.91 Å². The Balaban J connectivity index is 2.38. The van der Waals surface area contributed by atoms with Gasteiger partial charge in [-0.2, -0.15) is 11.8 Å². The number of nitrogens with one attached hydrogen (secondary N) is 1. The molecule has 1 amide bonds. The molecule has 1 atom stereocenters. The summed E-state index contributed by atoms with van der Waals surface area (Å²) in [6.07, 6.45) is 5.64. The molecule has 0 saturated heterocycles. The van der Waals surface area contributed by atoms with Crippen molar-refractivity contribution in [2.75, 3.05) is 17.8 Å². The molecule has 104 valence electrons. The minimum absolute atomic E-state index is 0.201. The van der Waals surface area contributed by atoms with Crippen LogP contribution in [-0.4, -0.2) is 45.8 Å². The molecular formula is C12H16N2O3S2. The Kier molecular flexibility index (Phi) is 7.35. The van der Waals surface area contributed by atoms with Gasteiger partial charge in [0.25, 0.3) is 0 Å². The first-order valence-electron chi connectivity index (χ1n) is 5.67. The lowest BCUT2D eigenvalue weighted by molar-refractivity contribution is -0.141. The first-order chi connectivity index (χ1) is 9.13. The van der Waals surface area contributed by atoms with E-state index in [1.807, 2.05) is 6.26 Å². The molecule has 1 aromatic rings. The van der Waals surface area contributed by atoms with Crippen molar-refractivity contribution in [2.45, 2.75) is 17.4 Å². The lowest BCUT2D eigenvalue weighted by atomic mass is 10.2. The predicted molar refractivity (Wildman–Crippen MR) is 77.5 cm³/mol. The van der Waals surface area contributed by atoms with E-state index in [2.05, 4.69) is 10.3 Å². The second kappa shape index (κ2) is 8.82. The van der Waals surface area contributed by atoms with Crippen molar-refractivity contribution in [1.82, 2.24) is 10.3 Å². The van der Waals surface area contributed by atoms with E-state index in [9.17, 15) is 9.59 Å².